The van der Waals surface area contributed by atoms with E-state index in [2.05, 4.69) is 78.1 Å². The lowest BCUT2D eigenvalue weighted by Crippen LogP contribution is -2.52. The molecule has 1 aliphatic carbocycles. The Kier molecular flexibility index (Phi) is 5.64. The van der Waals surface area contributed by atoms with Crippen molar-refractivity contribution in [3.63, 3.8) is 0 Å². The predicted molar refractivity (Wildman–Crippen MR) is 144 cm³/mol. The van der Waals surface area contributed by atoms with Crippen molar-refractivity contribution in [1.82, 2.24) is 4.98 Å². The van der Waals surface area contributed by atoms with Gasteiger partial charge in [0, 0.05) is 30.1 Å². The number of fused-ring (bicyclic) bond motifs is 1. The van der Waals surface area contributed by atoms with E-state index in [0.717, 1.165) is 45.7 Å². The van der Waals surface area contributed by atoms with Gasteiger partial charge in [-0.05, 0) is 76.4 Å². The van der Waals surface area contributed by atoms with E-state index >= 15 is 0 Å². The molecule has 0 N–H and O–H groups in total. The summed E-state index contributed by atoms with van der Waals surface area (Å²) in [5, 5.41) is 13.5. The number of hydrogen-bond donors (Lipinski definition) is 0. The number of rotatable bonds is 4. The first kappa shape index (κ1) is 22.8. The van der Waals surface area contributed by atoms with Gasteiger partial charge in [-0.2, -0.15) is 5.26 Å². The summed E-state index contributed by atoms with van der Waals surface area (Å²) in [5.74, 6) is 1.81. The third kappa shape index (κ3) is 3.50. The van der Waals surface area contributed by atoms with E-state index in [9.17, 15) is 5.26 Å². The highest BCUT2D eigenvalue weighted by molar-refractivity contribution is 5.80. The number of benzene rings is 1. The summed E-state index contributed by atoms with van der Waals surface area (Å²) in [6.07, 6.45) is 7.76. The Labute approximate surface area is 208 Å². The quantitative estimate of drug-likeness (QED) is 0.532. The third-order valence-electron chi connectivity index (χ3n) is 7.51. The molecule has 2 aromatic rings. The van der Waals surface area contributed by atoms with Crippen LogP contribution in [0.25, 0.3) is 0 Å². The zero-order chi connectivity index (χ0) is 24.9. The minimum absolute atomic E-state index is 0.190. The van der Waals surface area contributed by atoms with E-state index < -0.39 is 0 Å². The van der Waals surface area contributed by atoms with Crippen molar-refractivity contribution in [2.75, 3.05) is 26.9 Å². The van der Waals surface area contributed by atoms with E-state index in [4.69, 9.17) is 4.98 Å². The molecule has 0 radical (unpaired) electrons. The SMILES string of the molecule is C=C1C(C)N(C2CCC2)c2nc(N3C(=C)C(/C=C\C)=C(C)N3c3ccc(C#N)cc3)ccc2N1C. The first-order valence-corrected chi connectivity index (χ1v) is 12.2. The van der Waals surface area contributed by atoms with Gasteiger partial charge in [-0.3, -0.25) is 5.01 Å². The van der Waals surface area contributed by atoms with Gasteiger partial charge in [0.15, 0.2) is 11.6 Å². The van der Waals surface area contributed by atoms with Crippen LogP contribution in [-0.2, 0) is 0 Å². The Morgan fingerprint density at radius 2 is 1.80 bits per heavy atom. The van der Waals surface area contributed by atoms with Gasteiger partial charge in [-0.25, -0.2) is 9.99 Å². The van der Waals surface area contributed by atoms with Crippen LogP contribution in [0.2, 0.25) is 0 Å². The van der Waals surface area contributed by atoms with Gasteiger partial charge in [0.25, 0.3) is 0 Å². The molecule has 1 unspecified atom stereocenters. The summed E-state index contributed by atoms with van der Waals surface area (Å²) in [7, 11) is 2.07. The van der Waals surface area contributed by atoms with E-state index in [0.29, 0.717) is 11.6 Å². The highest BCUT2D eigenvalue weighted by atomic mass is 15.7. The molecule has 0 amide bonds. The van der Waals surface area contributed by atoms with Crippen LogP contribution >= 0.6 is 0 Å². The Balaban J connectivity index is 1.63. The number of hydrogen-bond acceptors (Lipinski definition) is 6. The molecule has 0 spiro atoms. The second-order valence-corrected chi connectivity index (χ2v) is 9.46. The van der Waals surface area contributed by atoms with E-state index in [-0.39, 0.29) is 6.04 Å². The summed E-state index contributed by atoms with van der Waals surface area (Å²) < 4.78 is 0. The lowest BCUT2D eigenvalue weighted by atomic mass is 9.89. The number of allylic oxidation sites excluding steroid dienone is 3. The Bertz CT molecular complexity index is 1290. The van der Waals surface area contributed by atoms with Crippen LogP contribution in [0.15, 0.2) is 84.4 Å². The summed E-state index contributed by atoms with van der Waals surface area (Å²) in [6, 6.07) is 14.7. The number of aromatic nitrogens is 1. The van der Waals surface area contributed by atoms with Crippen molar-refractivity contribution in [2.45, 2.75) is 52.1 Å². The molecule has 1 aromatic carbocycles. The van der Waals surface area contributed by atoms with Gasteiger partial charge in [-0.15, -0.1) is 0 Å². The molecule has 1 fully saturated rings. The molecule has 1 saturated carbocycles. The number of nitrogens with zero attached hydrogens (tertiary/aromatic N) is 6. The van der Waals surface area contributed by atoms with E-state index in [1.807, 2.05) is 37.3 Å². The molecule has 0 bridgehead atoms. The molecule has 35 heavy (non-hydrogen) atoms. The number of anilines is 4. The Morgan fingerprint density at radius 3 is 2.40 bits per heavy atom. The largest absolute Gasteiger partial charge is 0.344 e. The zero-order valence-electron chi connectivity index (χ0n) is 21.0. The maximum Gasteiger partial charge on any atom is 0.155 e. The molecule has 1 aromatic heterocycles. The van der Waals surface area contributed by atoms with Gasteiger partial charge in [0.05, 0.1) is 34.7 Å². The molecule has 178 valence electrons. The molecule has 5 rings (SSSR count). The molecular formula is C29H32N6. The number of nitriles is 1. The molecule has 0 saturated heterocycles. The smallest absolute Gasteiger partial charge is 0.155 e. The van der Waals surface area contributed by atoms with Crippen LogP contribution in [0.1, 0.15) is 45.6 Å². The molecule has 3 heterocycles. The first-order chi connectivity index (χ1) is 16.9. The van der Waals surface area contributed by atoms with Gasteiger partial charge in [-0.1, -0.05) is 25.3 Å². The molecule has 2 aliphatic heterocycles. The van der Waals surface area contributed by atoms with Crippen molar-refractivity contribution in [3.8, 4) is 6.07 Å². The average molecular weight is 465 g/mol. The lowest BCUT2D eigenvalue weighted by molar-refractivity contribution is 0.367. The van der Waals surface area contributed by atoms with Crippen LogP contribution in [0.5, 0.6) is 0 Å². The van der Waals surface area contributed by atoms with E-state index in [1.165, 1.54) is 19.3 Å². The zero-order valence-corrected chi connectivity index (χ0v) is 21.0. The molecular weight excluding hydrogens is 432 g/mol. The number of hydrazine groups is 1. The van der Waals surface area contributed by atoms with Crippen LogP contribution in [0.3, 0.4) is 0 Å². The highest BCUT2D eigenvalue weighted by Crippen LogP contribution is 2.45. The fourth-order valence-electron chi connectivity index (χ4n) is 5.25. The van der Waals surface area contributed by atoms with Crippen molar-refractivity contribution in [3.05, 3.63) is 89.9 Å². The summed E-state index contributed by atoms with van der Waals surface area (Å²) in [6.45, 7) is 15.2. The maximum atomic E-state index is 9.27. The minimum atomic E-state index is 0.190. The average Bonchev–Trinajstić information content (AvgIpc) is 3.09. The van der Waals surface area contributed by atoms with Gasteiger partial charge < -0.3 is 9.80 Å². The highest BCUT2D eigenvalue weighted by Gasteiger charge is 2.39. The second kappa shape index (κ2) is 8.66. The first-order valence-electron chi connectivity index (χ1n) is 12.2. The fourth-order valence-corrected chi connectivity index (χ4v) is 5.25. The van der Waals surface area contributed by atoms with Crippen molar-refractivity contribution in [1.29, 1.82) is 5.26 Å². The topological polar surface area (TPSA) is 49.6 Å². The van der Waals surface area contributed by atoms with Gasteiger partial charge in [0.2, 0.25) is 0 Å². The summed E-state index contributed by atoms with van der Waals surface area (Å²) in [4.78, 5) is 9.89. The van der Waals surface area contributed by atoms with Crippen molar-refractivity contribution in [2.24, 2.45) is 0 Å². The maximum absolute atomic E-state index is 9.27. The predicted octanol–water partition coefficient (Wildman–Crippen LogP) is 6.27. The lowest BCUT2D eigenvalue weighted by Gasteiger charge is -2.49. The van der Waals surface area contributed by atoms with Gasteiger partial charge >= 0.3 is 0 Å². The third-order valence-corrected chi connectivity index (χ3v) is 7.51. The van der Waals surface area contributed by atoms with Crippen LogP contribution in [0.4, 0.5) is 23.0 Å². The summed E-state index contributed by atoms with van der Waals surface area (Å²) >= 11 is 0. The Hall–Kier alpha value is -3.98. The number of likely N-dealkylation sites (N-methyl/N-ethyl adjacent to an activating group) is 1. The molecule has 3 aliphatic rings. The Morgan fingerprint density at radius 1 is 1.09 bits per heavy atom. The molecule has 6 heteroatoms. The van der Waals surface area contributed by atoms with Crippen LogP contribution in [-0.4, -0.2) is 24.1 Å². The van der Waals surface area contributed by atoms with Crippen LogP contribution < -0.4 is 19.8 Å². The normalized spacial score (nSPS) is 20.6. The summed E-state index contributed by atoms with van der Waals surface area (Å²) in [5.41, 5.74) is 6.76. The second-order valence-electron chi connectivity index (χ2n) is 9.46. The van der Waals surface area contributed by atoms with E-state index in [1.54, 1.807) is 0 Å². The van der Waals surface area contributed by atoms with Crippen molar-refractivity contribution >= 4 is 23.0 Å². The van der Waals surface area contributed by atoms with Gasteiger partial charge in [0.1, 0.15) is 0 Å². The standard InChI is InChI=1S/C29H32N6/c1-7-9-26-21(4)34(25-14-12-23(18-30)13-15-25)35(22(26)5)28-17-16-27-29(31-28)33(24-10-8-11-24)20(3)19(2)32(27)6/h7,9,12-17,20,24H,2,5,8,10-11H2,1,3-4,6H3/b9-7-. The fraction of sp³-hybridized carbons (Fsp3) is 0.310. The van der Waals surface area contributed by atoms with Crippen LogP contribution in [0, 0.1) is 11.3 Å². The number of pyridine rings is 1. The monoisotopic (exact) mass is 464 g/mol. The minimum Gasteiger partial charge on any atom is -0.344 e. The molecule has 6 nitrogen and oxygen atoms in total. The molecule has 1 atom stereocenters. The van der Waals surface area contributed by atoms with Crippen molar-refractivity contribution < 1.29 is 0 Å².